The molecule has 2 rings (SSSR count). The summed E-state index contributed by atoms with van der Waals surface area (Å²) in [5.74, 6) is -3.65. The number of hydrogen-bond donors (Lipinski definition) is 0. The van der Waals surface area contributed by atoms with Crippen molar-refractivity contribution in [1.29, 1.82) is 0 Å². The highest BCUT2D eigenvalue weighted by molar-refractivity contribution is 7.99. The van der Waals surface area contributed by atoms with Crippen molar-refractivity contribution in [3.8, 4) is 0 Å². The SMILES string of the molecule is B/C(=N\c1cc(SCC(C)(F)F)c(C)cc1F)c1ccncn1. The fourth-order valence-corrected chi connectivity index (χ4v) is 2.72. The maximum absolute atomic E-state index is 14.1. The van der Waals surface area contributed by atoms with Gasteiger partial charge in [0.25, 0.3) is 5.92 Å². The molecule has 0 aliphatic carbocycles. The second-order valence-electron chi connectivity index (χ2n) is 5.22. The van der Waals surface area contributed by atoms with Gasteiger partial charge in [0.15, 0.2) is 7.85 Å². The van der Waals surface area contributed by atoms with E-state index in [9.17, 15) is 13.2 Å². The number of aliphatic imine (C=N–C) groups is 1. The Hall–Kier alpha value is -1.83. The summed E-state index contributed by atoms with van der Waals surface area (Å²) in [4.78, 5) is 12.7. The topological polar surface area (TPSA) is 38.1 Å². The summed E-state index contributed by atoms with van der Waals surface area (Å²) in [6.45, 7) is 2.54. The third-order valence-corrected chi connectivity index (χ3v) is 4.37. The first-order valence-electron chi connectivity index (χ1n) is 6.89. The van der Waals surface area contributed by atoms with E-state index in [-0.39, 0.29) is 11.4 Å². The van der Waals surface area contributed by atoms with E-state index < -0.39 is 11.7 Å². The summed E-state index contributed by atoms with van der Waals surface area (Å²) < 4.78 is 40.1. The Balaban J connectivity index is 2.32. The number of nitrogens with zero attached hydrogens (tertiary/aromatic N) is 3. The quantitative estimate of drug-likeness (QED) is 0.477. The average molecular weight is 337 g/mol. The smallest absolute Gasteiger partial charge is 0.254 e. The van der Waals surface area contributed by atoms with Crippen LogP contribution in [0.2, 0.25) is 0 Å². The summed E-state index contributed by atoms with van der Waals surface area (Å²) in [5.41, 5.74) is 1.81. The Kier molecular flexibility index (Phi) is 5.46. The van der Waals surface area contributed by atoms with E-state index in [0.29, 0.717) is 21.8 Å². The van der Waals surface area contributed by atoms with Gasteiger partial charge in [-0.2, -0.15) is 0 Å². The van der Waals surface area contributed by atoms with E-state index in [0.717, 1.165) is 18.7 Å². The van der Waals surface area contributed by atoms with Crippen molar-refractivity contribution in [1.82, 2.24) is 9.97 Å². The van der Waals surface area contributed by atoms with Gasteiger partial charge in [0, 0.05) is 23.6 Å². The lowest BCUT2D eigenvalue weighted by Crippen LogP contribution is -2.12. The lowest BCUT2D eigenvalue weighted by Gasteiger charge is -2.12. The first-order valence-corrected chi connectivity index (χ1v) is 7.87. The number of hydrogen-bond acceptors (Lipinski definition) is 4. The molecule has 0 bridgehead atoms. The van der Waals surface area contributed by atoms with Gasteiger partial charge in [0.05, 0.1) is 17.1 Å². The zero-order chi connectivity index (χ0) is 17.0. The van der Waals surface area contributed by atoms with E-state index in [1.54, 1.807) is 27.0 Å². The molecule has 2 aromatic rings. The van der Waals surface area contributed by atoms with Gasteiger partial charge in [0.1, 0.15) is 12.1 Å². The van der Waals surface area contributed by atoms with Gasteiger partial charge < -0.3 is 0 Å². The van der Waals surface area contributed by atoms with Crippen LogP contribution in [0.3, 0.4) is 0 Å². The second-order valence-corrected chi connectivity index (χ2v) is 6.24. The summed E-state index contributed by atoms with van der Waals surface area (Å²) >= 11 is 0.988. The summed E-state index contributed by atoms with van der Waals surface area (Å²) in [6, 6.07) is 4.46. The largest absolute Gasteiger partial charge is 0.259 e. The highest BCUT2D eigenvalue weighted by atomic mass is 32.2. The maximum Gasteiger partial charge on any atom is 0.254 e. The minimum absolute atomic E-state index is 0.105. The number of benzene rings is 1. The molecule has 0 radical (unpaired) electrons. The summed E-state index contributed by atoms with van der Waals surface area (Å²) in [6.07, 6.45) is 2.95. The van der Waals surface area contributed by atoms with E-state index >= 15 is 0 Å². The number of thioether (sulfide) groups is 1. The Labute approximate surface area is 137 Å². The fraction of sp³-hybridized carbons (Fsp3) is 0.267. The minimum Gasteiger partial charge on any atom is -0.259 e. The molecule has 8 heteroatoms. The summed E-state index contributed by atoms with van der Waals surface area (Å²) in [7, 11) is 1.70. The van der Waals surface area contributed by atoms with Crippen LogP contribution < -0.4 is 0 Å². The molecular formula is C15H15BF3N3S. The van der Waals surface area contributed by atoms with Gasteiger partial charge in [-0.15, -0.1) is 11.8 Å². The molecule has 0 amide bonds. The van der Waals surface area contributed by atoms with Crippen LogP contribution in [0, 0.1) is 12.7 Å². The Morgan fingerprint density at radius 3 is 2.74 bits per heavy atom. The van der Waals surface area contributed by atoms with Crippen LogP contribution in [0.1, 0.15) is 18.2 Å². The molecule has 120 valence electrons. The van der Waals surface area contributed by atoms with Gasteiger partial charge in [-0.25, -0.2) is 23.1 Å². The molecule has 0 spiro atoms. The zero-order valence-corrected chi connectivity index (χ0v) is 13.8. The molecule has 0 saturated carbocycles. The van der Waals surface area contributed by atoms with Crippen LogP contribution in [-0.4, -0.2) is 35.1 Å². The van der Waals surface area contributed by atoms with Gasteiger partial charge in [-0.1, -0.05) is 0 Å². The highest BCUT2D eigenvalue weighted by Gasteiger charge is 2.22. The number of rotatable bonds is 5. The molecule has 1 aromatic heterocycles. The van der Waals surface area contributed by atoms with Crippen LogP contribution in [-0.2, 0) is 0 Å². The normalized spacial score (nSPS) is 12.5. The molecular weight excluding hydrogens is 322 g/mol. The third kappa shape index (κ3) is 5.09. The minimum atomic E-state index is -2.79. The molecule has 1 aromatic carbocycles. The number of aryl methyl sites for hydroxylation is 1. The number of aromatic nitrogens is 2. The second kappa shape index (κ2) is 7.17. The maximum atomic E-state index is 14.1. The average Bonchev–Trinajstić information content (AvgIpc) is 2.48. The van der Waals surface area contributed by atoms with E-state index in [2.05, 4.69) is 15.0 Å². The van der Waals surface area contributed by atoms with Crippen LogP contribution in [0.15, 0.2) is 40.6 Å². The predicted octanol–water partition coefficient (Wildman–Crippen LogP) is 3.38. The lowest BCUT2D eigenvalue weighted by atomic mass is 9.97. The number of halogens is 3. The van der Waals surface area contributed by atoms with E-state index in [1.165, 1.54) is 18.5 Å². The van der Waals surface area contributed by atoms with E-state index in [1.807, 2.05) is 0 Å². The molecule has 0 aliphatic heterocycles. The van der Waals surface area contributed by atoms with Crippen LogP contribution >= 0.6 is 11.8 Å². The molecule has 0 saturated heterocycles. The third-order valence-electron chi connectivity index (χ3n) is 2.97. The summed E-state index contributed by atoms with van der Waals surface area (Å²) in [5, 5.41) is 0. The zero-order valence-electron chi connectivity index (χ0n) is 13.0. The van der Waals surface area contributed by atoms with Crippen molar-refractivity contribution in [2.45, 2.75) is 24.7 Å². The van der Waals surface area contributed by atoms with Crippen molar-refractivity contribution >= 4 is 30.9 Å². The highest BCUT2D eigenvalue weighted by Crippen LogP contribution is 2.33. The van der Waals surface area contributed by atoms with Crippen molar-refractivity contribution in [2.75, 3.05) is 5.75 Å². The van der Waals surface area contributed by atoms with Crippen molar-refractivity contribution in [3.05, 3.63) is 47.8 Å². The fourth-order valence-electron chi connectivity index (χ4n) is 1.83. The predicted molar refractivity (Wildman–Crippen MR) is 89.3 cm³/mol. The monoisotopic (exact) mass is 337 g/mol. The molecule has 1 heterocycles. The van der Waals surface area contributed by atoms with E-state index in [4.69, 9.17) is 0 Å². The van der Waals surface area contributed by atoms with Gasteiger partial charge in [-0.05, 0) is 30.7 Å². The first kappa shape index (κ1) is 17.5. The number of alkyl halides is 2. The molecule has 0 aliphatic rings. The van der Waals surface area contributed by atoms with Gasteiger partial charge >= 0.3 is 0 Å². The van der Waals surface area contributed by atoms with Crippen LogP contribution in [0.4, 0.5) is 18.9 Å². The first-order chi connectivity index (χ1) is 10.8. The van der Waals surface area contributed by atoms with Crippen molar-refractivity contribution < 1.29 is 13.2 Å². The molecule has 23 heavy (non-hydrogen) atoms. The Morgan fingerprint density at radius 2 is 2.13 bits per heavy atom. The van der Waals surface area contributed by atoms with Gasteiger partial charge in [0.2, 0.25) is 0 Å². The molecule has 0 N–H and O–H groups in total. The van der Waals surface area contributed by atoms with Crippen LogP contribution in [0.5, 0.6) is 0 Å². The van der Waals surface area contributed by atoms with Crippen molar-refractivity contribution in [3.63, 3.8) is 0 Å². The Morgan fingerprint density at radius 1 is 1.39 bits per heavy atom. The molecule has 0 atom stereocenters. The van der Waals surface area contributed by atoms with Crippen LogP contribution in [0.25, 0.3) is 0 Å². The lowest BCUT2D eigenvalue weighted by molar-refractivity contribution is 0.0492. The standard InChI is InChI=1S/C15H15BF3N3S/c1-9-5-10(17)12(6-13(9)23-7-15(2,18)19)22-14(16)11-3-4-20-8-21-11/h3-6,8H,7,16H2,1-2H3/b22-14-. The molecule has 3 nitrogen and oxygen atoms in total. The molecule has 0 unspecified atom stereocenters. The van der Waals surface area contributed by atoms with Gasteiger partial charge in [-0.3, -0.25) is 4.99 Å². The molecule has 0 fully saturated rings. The van der Waals surface area contributed by atoms with Crippen molar-refractivity contribution in [2.24, 2.45) is 4.99 Å². The Bertz CT molecular complexity index is 718.